The predicted octanol–water partition coefficient (Wildman–Crippen LogP) is 5.25. The average molecular weight is 337 g/mol. The van der Waals surface area contributed by atoms with Crippen molar-refractivity contribution in [1.82, 2.24) is 4.90 Å². The number of amides is 1. The minimum Gasteiger partial charge on any atom is -0.444 e. The lowest BCUT2D eigenvalue weighted by Gasteiger charge is -2.29. The first kappa shape index (κ1) is 19.4. The Labute approximate surface area is 144 Å². The van der Waals surface area contributed by atoms with Gasteiger partial charge in [-0.3, -0.25) is 0 Å². The van der Waals surface area contributed by atoms with Gasteiger partial charge in [0.05, 0.1) is 11.1 Å². The van der Waals surface area contributed by atoms with E-state index in [1.54, 1.807) is 23.7 Å². The standard InChI is InChI=1S/C18H28N2O2S/c1-8-23-14(3)19-16-11-9-10-15(12-16)13(2)20(7)17(21)22-18(4,5)6/h9-13,19H,3,8H2,1-2,4-7H3. The highest BCUT2D eigenvalue weighted by molar-refractivity contribution is 8.03. The number of hydrogen-bond donors (Lipinski definition) is 1. The molecule has 0 saturated heterocycles. The van der Waals surface area contributed by atoms with Crippen molar-refractivity contribution in [3.8, 4) is 0 Å². The van der Waals surface area contributed by atoms with E-state index in [1.807, 2.05) is 52.0 Å². The molecule has 128 valence electrons. The number of anilines is 1. The highest BCUT2D eigenvalue weighted by Crippen LogP contribution is 2.25. The van der Waals surface area contributed by atoms with Crippen LogP contribution in [0.1, 0.15) is 46.2 Å². The van der Waals surface area contributed by atoms with E-state index in [0.717, 1.165) is 22.0 Å². The fraction of sp³-hybridized carbons (Fsp3) is 0.500. The summed E-state index contributed by atoms with van der Waals surface area (Å²) in [6.45, 7) is 13.7. The lowest BCUT2D eigenvalue weighted by atomic mass is 10.1. The normalized spacial score (nSPS) is 12.4. The van der Waals surface area contributed by atoms with Crippen molar-refractivity contribution in [2.24, 2.45) is 0 Å². The SMILES string of the molecule is C=C(Nc1cccc(C(C)N(C)C(=O)OC(C)(C)C)c1)SCC. The minimum atomic E-state index is -0.496. The van der Waals surface area contributed by atoms with Crippen molar-refractivity contribution in [3.63, 3.8) is 0 Å². The zero-order chi connectivity index (χ0) is 17.6. The molecule has 1 aromatic carbocycles. The fourth-order valence-corrected chi connectivity index (χ4v) is 2.50. The van der Waals surface area contributed by atoms with Crippen LogP contribution in [0.4, 0.5) is 10.5 Å². The second-order valence-electron chi connectivity index (χ2n) is 6.37. The summed E-state index contributed by atoms with van der Waals surface area (Å²) >= 11 is 1.67. The fourth-order valence-electron chi connectivity index (χ4n) is 1.96. The Morgan fingerprint density at radius 2 is 2.09 bits per heavy atom. The van der Waals surface area contributed by atoms with E-state index in [1.165, 1.54) is 0 Å². The summed E-state index contributed by atoms with van der Waals surface area (Å²) in [4.78, 5) is 13.8. The van der Waals surface area contributed by atoms with E-state index in [9.17, 15) is 4.79 Å². The number of carbonyl (C=O) groups excluding carboxylic acids is 1. The first-order chi connectivity index (χ1) is 10.6. The molecule has 0 radical (unpaired) electrons. The Morgan fingerprint density at radius 3 is 2.65 bits per heavy atom. The largest absolute Gasteiger partial charge is 0.444 e. The van der Waals surface area contributed by atoms with Gasteiger partial charge >= 0.3 is 6.09 Å². The third-order valence-corrected chi connectivity index (χ3v) is 3.97. The van der Waals surface area contributed by atoms with E-state index in [2.05, 4.69) is 18.8 Å². The molecule has 1 atom stereocenters. The summed E-state index contributed by atoms with van der Waals surface area (Å²) in [5.74, 6) is 0.976. The molecular formula is C18H28N2O2S. The van der Waals surface area contributed by atoms with Gasteiger partial charge < -0.3 is 15.0 Å². The molecule has 0 fully saturated rings. The van der Waals surface area contributed by atoms with Gasteiger partial charge in [-0.15, -0.1) is 11.8 Å². The van der Waals surface area contributed by atoms with Crippen LogP contribution in [-0.4, -0.2) is 29.4 Å². The highest BCUT2D eigenvalue weighted by Gasteiger charge is 2.23. The van der Waals surface area contributed by atoms with E-state index in [-0.39, 0.29) is 12.1 Å². The Bertz CT molecular complexity index is 552. The van der Waals surface area contributed by atoms with Crippen molar-refractivity contribution in [2.75, 3.05) is 18.1 Å². The zero-order valence-electron chi connectivity index (χ0n) is 15.0. The van der Waals surface area contributed by atoms with Crippen LogP contribution in [0.15, 0.2) is 35.9 Å². The number of hydrogen-bond acceptors (Lipinski definition) is 4. The monoisotopic (exact) mass is 336 g/mol. The van der Waals surface area contributed by atoms with Gasteiger partial charge in [0, 0.05) is 12.7 Å². The first-order valence-electron chi connectivity index (χ1n) is 7.78. The van der Waals surface area contributed by atoms with Gasteiger partial charge in [0.2, 0.25) is 0 Å². The number of carbonyl (C=O) groups is 1. The second kappa shape index (κ2) is 8.29. The molecule has 1 unspecified atom stereocenters. The Kier molecular flexibility index (Phi) is 7.01. The van der Waals surface area contributed by atoms with Crippen LogP contribution in [-0.2, 0) is 4.74 Å². The molecule has 1 aromatic rings. The first-order valence-corrected chi connectivity index (χ1v) is 8.77. The van der Waals surface area contributed by atoms with Gasteiger partial charge in [0.15, 0.2) is 0 Å². The lowest BCUT2D eigenvalue weighted by Crippen LogP contribution is -2.35. The van der Waals surface area contributed by atoms with Crippen molar-refractivity contribution < 1.29 is 9.53 Å². The van der Waals surface area contributed by atoms with Crippen LogP contribution in [0, 0.1) is 0 Å². The predicted molar refractivity (Wildman–Crippen MR) is 99.7 cm³/mol. The van der Waals surface area contributed by atoms with E-state index in [4.69, 9.17) is 4.74 Å². The van der Waals surface area contributed by atoms with Gasteiger partial charge in [-0.2, -0.15) is 0 Å². The smallest absolute Gasteiger partial charge is 0.410 e. The molecule has 5 heteroatoms. The van der Waals surface area contributed by atoms with Gasteiger partial charge in [-0.05, 0) is 51.1 Å². The number of nitrogens with one attached hydrogen (secondary N) is 1. The molecule has 0 spiro atoms. The molecular weight excluding hydrogens is 308 g/mol. The Balaban J connectivity index is 2.81. The summed E-state index contributed by atoms with van der Waals surface area (Å²) in [5, 5.41) is 4.19. The third kappa shape index (κ3) is 6.57. The van der Waals surface area contributed by atoms with Crippen LogP contribution in [0.2, 0.25) is 0 Å². The molecule has 0 saturated carbocycles. The van der Waals surface area contributed by atoms with Crippen molar-refractivity contribution in [3.05, 3.63) is 41.4 Å². The van der Waals surface area contributed by atoms with E-state index in [0.29, 0.717) is 0 Å². The molecule has 0 aliphatic heterocycles. The Morgan fingerprint density at radius 1 is 1.43 bits per heavy atom. The number of ether oxygens (including phenoxy) is 1. The van der Waals surface area contributed by atoms with Crippen LogP contribution in [0.5, 0.6) is 0 Å². The number of thioether (sulfide) groups is 1. The van der Waals surface area contributed by atoms with E-state index >= 15 is 0 Å². The van der Waals surface area contributed by atoms with Gasteiger partial charge in [-0.1, -0.05) is 25.6 Å². The Hall–Kier alpha value is -1.62. The summed E-state index contributed by atoms with van der Waals surface area (Å²) in [5.41, 5.74) is 1.51. The van der Waals surface area contributed by atoms with Crippen molar-refractivity contribution >= 4 is 23.5 Å². The maximum atomic E-state index is 12.2. The molecule has 0 aliphatic rings. The van der Waals surface area contributed by atoms with E-state index < -0.39 is 5.60 Å². The summed E-state index contributed by atoms with van der Waals surface area (Å²) in [6.07, 6.45) is -0.325. The maximum absolute atomic E-state index is 12.2. The van der Waals surface area contributed by atoms with Crippen LogP contribution < -0.4 is 5.32 Å². The topological polar surface area (TPSA) is 41.6 Å². The molecule has 0 heterocycles. The zero-order valence-corrected chi connectivity index (χ0v) is 15.8. The molecule has 1 amide bonds. The number of nitrogens with zero attached hydrogens (tertiary/aromatic N) is 1. The van der Waals surface area contributed by atoms with Crippen LogP contribution in [0.25, 0.3) is 0 Å². The second-order valence-corrected chi connectivity index (χ2v) is 7.73. The van der Waals surface area contributed by atoms with Crippen LogP contribution >= 0.6 is 11.8 Å². The molecule has 4 nitrogen and oxygen atoms in total. The lowest BCUT2D eigenvalue weighted by molar-refractivity contribution is 0.0234. The molecule has 1 N–H and O–H groups in total. The number of rotatable bonds is 6. The molecule has 0 aromatic heterocycles. The summed E-state index contributed by atoms with van der Waals surface area (Å²) in [7, 11) is 1.75. The quantitative estimate of drug-likeness (QED) is 0.770. The summed E-state index contributed by atoms with van der Waals surface area (Å²) in [6, 6.07) is 7.92. The molecule has 1 rings (SSSR count). The van der Waals surface area contributed by atoms with Crippen molar-refractivity contribution in [2.45, 2.75) is 46.3 Å². The molecule has 0 aliphatic carbocycles. The van der Waals surface area contributed by atoms with Crippen LogP contribution in [0.3, 0.4) is 0 Å². The number of benzene rings is 1. The maximum Gasteiger partial charge on any atom is 0.410 e. The molecule has 23 heavy (non-hydrogen) atoms. The van der Waals surface area contributed by atoms with Gasteiger partial charge in [0.1, 0.15) is 5.60 Å². The summed E-state index contributed by atoms with van der Waals surface area (Å²) < 4.78 is 5.42. The average Bonchev–Trinajstić information content (AvgIpc) is 2.44. The third-order valence-electron chi connectivity index (χ3n) is 3.23. The highest BCUT2D eigenvalue weighted by atomic mass is 32.2. The van der Waals surface area contributed by atoms with Gasteiger partial charge in [-0.25, -0.2) is 4.79 Å². The van der Waals surface area contributed by atoms with Gasteiger partial charge in [0.25, 0.3) is 0 Å². The molecule has 0 bridgehead atoms. The minimum absolute atomic E-state index is 0.0845. The van der Waals surface area contributed by atoms with Crippen molar-refractivity contribution in [1.29, 1.82) is 0 Å².